The van der Waals surface area contributed by atoms with Crippen LogP contribution in [-0.4, -0.2) is 24.0 Å². The van der Waals surface area contributed by atoms with Crippen LogP contribution in [0.1, 0.15) is 31.9 Å². The van der Waals surface area contributed by atoms with Crippen molar-refractivity contribution in [1.29, 1.82) is 0 Å². The molecular formula is C15H23N3O. The fourth-order valence-electron chi connectivity index (χ4n) is 1.60. The van der Waals surface area contributed by atoms with Gasteiger partial charge in [-0.3, -0.25) is 9.78 Å². The number of nitrogens with one attached hydrogen (secondary N) is 2. The molecule has 2 N–H and O–H groups in total. The number of pyridine rings is 1. The Morgan fingerprint density at radius 1 is 1.42 bits per heavy atom. The largest absolute Gasteiger partial charge is 0.385 e. The maximum Gasteiger partial charge on any atom is 0.243 e. The van der Waals surface area contributed by atoms with Gasteiger partial charge in [-0.15, -0.1) is 0 Å². The Hall–Kier alpha value is -1.84. The Labute approximate surface area is 115 Å². The van der Waals surface area contributed by atoms with Crippen LogP contribution in [0.4, 0.5) is 5.69 Å². The van der Waals surface area contributed by atoms with Gasteiger partial charge in [0.25, 0.3) is 0 Å². The van der Waals surface area contributed by atoms with Gasteiger partial charge >= 0.3 is 0 Å². The highest BCUT2D eigenvalue weighted by atomic mass is 16.1. The average Bonchev–Trinajstić information content (AvgIpc) is 2.39. The van der Waals surface area contributed by atoms with E-state index in [4.69, 9.17) is 0 Å². The third-order valence-corrected chi connectivity index (χ3v) is 2.60. The van der Waals surface area contributed by atoms with Gasteiger partial charge < -0.3 is 10.6 Å². The molecule has 1 amide bonds. The summed E-state index contributed by atoms with van der Waals surface area (Å²) in [6.45, 7) is 5.58. The van der Waals surface area contributed by atoms with E-state index in [1.165, 1.54) is 0 Å². The normalized spacial score (nSPS) is 10.6. The quantitative estimate of drug-likeness (QED) is 0.559. The smallest absolute Gasteiger partial charge is 0.243 e. The van der Waals surface area contributed by atoms with E-state index in [2.05, 4.69) is 22.5 Å². The van der Waals surface area contributed by atoms with E-state index in [0.717, 1.165) is 37.2 Å². The summed E-state index contributed by atoms with van der Waals surface area (Å²) in [7, 11) is 0. The summed E-state index contributed by atoms with van der Waals surface area (Å²) in [5.41, 5.74) is 2.07. The number of allylic oxidation sites excluding steroid dienone is 1. The molecule has 0 aliphatic carbocycles. The van der Waals surface area contributed by atoms with Gasteiger partial charge in [0, 0.05) is 30.7 Å². The van der Waals surface area contributed by atoms with Crippen LogP contribution in [0.5, 0.6) is 0 Å². The van der Waals surface area contributed by atoms with E-state index < -0.39 is 0 Å². The van der Waals surface area contributed by atoms with Gasteiger partial charge in [0.1, 0.15) is 0 Å². The van der Waals surface area contributed by atoms with E-state index in [0.29, 0.717) is 6.54 Å². The van der Waals surface area contributed by atoms with Crippen LogP contribution in [0, 0.1) is 6.92 Å². The molecule has 4 nitrogen and oxygen atoms in total. The molecule has 0 saturated heterocycles. The van der Waals surface area contributed by atoms with Crippen molar-refractivity contribution in [2.24, 2.45) is 0 Å². The van der Waals surface area contributed by atoms with Gasteiger partial charge in [0.05, 0.1) is 0 Å². The molecule has 1 heterocycles. The number of hydrogen-bond donors (Lipinski definition) is 2. The van der Waals surface area contributed by atoms with Crippen LogP contribution in [0.2, 0.25) is 0 Å². The molecular weight excluding hydrogens is 238 g/mol. The number of hydrogen-bond acceptors (Lipinski definition) is 3. The van der Waals surface area contributed by atoms with Crippen LogP contribution < -0.4 is 10.6 Å². The van der Waals surface area contributed by atoms with E-state index in [-0.39, 0.29) is 5.91 Å². The summed E-state index contributed by atoms with van der Waals surface area (Å²) in [4.78, 5) is 15.5. The Kier molecular flexibility index (Phi) is 7.32. The lowest BCUT2D eigenvalue weighted by molar-refractivity contribution is -0.116. The Bertz CT molecular complexity index is 416. The van der Waals surface area contributed by atoms with Crippen molar-refractivity contribution in [1.82, 2.24) is 10.3 Å². The number of nitrogens with zero attached hydrogens (tertiary/aromatic N) is 1. The first-order valence-corrected chi connectivity index (χ1v) is 6.83. The van der Waals surface area contributed by atoms with Gasteiger partial charge in [0.2, 0.25) is 5.91 Å². The zero-order valence-electron chi connectivity index (χ0n) is 11.8. The minimum atomic E-state index is -0.00629. The molecule has 1 aromatic rings. The zero-order valence-corrected chi connectivity index (χ0v) is 11.8. The molecule has 0 aromatic carbocycles. The molecule has 0 atom stereocenters. The second kappa shape index (κ2) is 9.14. The zero-order chi connectivity index (χ0) is 13.9. The summed E-state index contributed by atoms with van der Waals surface area (Å²) in [6, 6.07) is 3.95. The second-order valence-electron chi connectivity index (χ2n) is 4.45. The third-order valence-electron chi connectivity index (χ3n) is 2.60. The number of aryl methyl sites for hydroxylation is 1. The number of rotatable bonds is 8. The molecule has 0 saturated carbocycles. The summed E-state index contributed by atoms with van der Waals surface area (Å²) < 4.78 is 0. The Morgan fingerprint density at radius 3 is 3.00 bits per heavy atom. The molecule has 0 aliphatic rings. The predicted molar refractivity (Wildman–Crippen MR) is 79.1 cm³/mol. The number of anilines is 1. The fourth-order valence-corrected chi connectivity index (χ4v) is 1.60. The van der Waals surface area contributed by atoms with Gasteiger partial charge in [-0.2, -0.15) is 0 Å². The summed E-state index contributed by atoms with van der Waals surface area (Å²) >= 11 is 0. The highest BCUT2D eigenvalue weighted by Crippen LogP contribution is 2.06. The molecule has 0 radical (unpaired) electrons. The van der Waals surface area contributed by atoms with E-state index in [1.807, 2.05) is 25.1 Å². The Balaban J connectivity index is 2.09. The molecule has 0 bridgehead atoms. The van der Waals surface area contributed by atoms with Crippen molar-refractivity contribution in [3.8, 4) is 0 Å². The second-order valence-corrected chi connectivity index (χ2v) is 4.45. The molecule has 4 heteroatoms. The van der Waals surface area contributed by atoms with Crippen molar-refractivity contribution in [2.75, 3.05) is 18.4 Å². The van der Waals surface area contributed by atoms with Crippen LogP contribution in [0.15, 0.2) is 30.5 Å². The number of carbonyl (C=O) groups is 1. The molecule has 0 fully saturated rings. The first kappa shape index (κ1) is 15.2. The average molecular weight is 261 g/mol. The number of carbonyl (C=O) groups excluding carboxylic acids is 1. The molecule has 104 valence electrons. The number of amides is 1. The van der Waals surface area contributed by atoms with E-state index in [1.54, 1.807) is 12.3 Å². The summed E-state index contributed by atoms with van der Waals surface area (Å²) in [5, 5.41) is 6.16. The maximum absolute atomic E-state index is 11.4. The lowest BCUT2D eigenvalue weighted by Gasteiger charge is -2.07. The monoisotopic (exact) mass is 261 g/mol. The molecule has 0 aliphatic heterocycles. The number of unbranched alkanes of at least 4 members (excludes halogenated alkanes) is 1. The van der Waals surface area contributed by atoms with Gasteiger partial charge in [-0.25, -0.2) is 0 Å². The van der Waals surface area contributed by atoms with E-state index >= 15 is 0 Å². The van der Waals surface area contributed by atoms with Crippen molar-refractivity contribution in [3.63, 3.8) is 0 Å². The standard InChI is InChI=1S/C15H23N3O/c1-3-4-5-7-15(19)18-10-6-9-17-14-8-11-16-13(2)12-14/h5,7-8,11-12H,3-4,6,9-10H2,1-2H3,(H,16,17)(H,18,19). The first-order valence-electron chi connectivity index (χ1n) is 6.83. The maximum atomic E-state index is 11.4. The van der Waals surface area contributed by atoms with Gasteiger partial charge in [0.15, 0.2) is 0 Å². The topological polar surface area (TPSA) is 54.0 Å². The van der Waals surface area contributed by atoms with Crippen molar-refractivity contribution < 1.29 is 4.79 Å². The van der Waals surface area contributed by atoms with Crippen molar-refractivity contribution >= 4 is 11.6 Å². The van der Waals surface area contributed by atoms with Crippen LogP contribution in [-0.2, 0) is 4.79 Å². The summed E-state index contributed by atoms with van der Waals surface area (Å²) in [5.74, 6) is -0.00629. The predicted octanol–water partition coefficient (Wildman–Crippen LogP) is 2.66. The summed E-state index contributed by atoms with van der Waals surface area (Å²) in [6.07, 6.45) is 8.23. The minimum absolute atomic E-state index is 0.00629. The third kappa shape index (κ3) is 7.24. The highest BCUT2D eigenvalue weighted by molar-refractivity contribution is 5.87. The fraction of sp³-hybridized carbons (Fsp3) is 0.467. The molecule has 1 aromatic heterocycles. The van der Waals surface area contributed by atoms with Crippen LogP contribution in [0.3, 0.4) is 0 Å². The highest BCUT2D eigenvalue weighted by Gasteiger charge is 1.95. The lowest BCUT2D eigenvalue weighted by atomic mass is 10.3. The van der Waals surface area contributed by atoms with E-state index in [9.17, 15) is 4.79 Å². The minimum Gasteiger partial charge on any atom is -0.385 e. The van der Waals surface area contributed by atoms with Gasteiger partial charge in [-0.1, -0.05) is 19.4 Å². The molecule has 0 spiro atoms. The lowest BCUT2D eigenvalue weighted by Crippen LogP contribution is -2.23. The molecule has 1 rings (SSSR count). The van der Waals surface area contributed by atoms with Crippen LogP contribution in [0.25, 0.3) is 0 Å². The SMILES string of the molecule is CCCC=CC(=O)NCCCNc1ccnc(C)c1. The van der Waals surface area contributed by atoms with Gasteiger partial charge in [-0.05, 0) is 38.0 Å². The first-order chi connectivity index (χ1) is 9.22. The number of aromatic nitrogens is 1. The molecule has 19 heavy (non-hydrogen) atoms. The van der Waals surface area contributed by atoms with Crippen LogP contribution >= 0.6 is 0 Å². The van der Waals surface area contributed by atoms with Crippen molar-refractivity contribution in [2.45, 2.75) is 33.1 Å². The Morgan fingerprint density at radius 2 is 2.26 bits per heavy atom. The van der Waals surface area contributed by atoms with Crippen molar-refractivity contribution in [3.05, 3.63) is 36.2 Å². The molecule has 0 unspecified atom stereocenters.